The molecule has 0 spiro atoms. The van der Waals surface area contributed by atoms with Gasteiger partial charge in [-0.05, 0) is 36.6 Å². The molecule has 2 aromatic carbocycles. The number of benzene rings is 2. The molecule has 2 aliphatic rings. The Hall–Kier alpha value is -3.40. The molecule has 3 aromatic rings. The molecule has 1 amide bonds. The van der Waals surface area contributed by atoms with E-state index in [-0.39, 0.29) is 16.7 Å². The SMILES string of the molecule is O=C(NCC1CCN(c2ccccc2)C1)c1nc2n(n1)-c1ccccc1S(=O)(=O)N2. The second-order valence-corrected chi connectivity index (χ2v) is 9.04. The van der Waals surface area contributed by atoms with Crippen LogP contribution in [0.4, 0.5) is 11.6 Å². The maximum absolute atomic E-state index is 12.6. The number of para-hydroxylation sites is 2. The Morgan fingerprint density at radius 3 is 2.73 bits per heavy atom. The summed E-state index contributed by atoms with van der Waals surface area (Å²) in [6.45, 7) is 2.32. The van der Waals surface area contributed by atoms with Crippen LogP contribution in [0.3, 0.4) is 0 Å². The molecule has 0 aliphatic carbocycles. The molecule has 0 saturated carbocycles. The lowest BCUT2D eigenvalue weighted by molar-refractivity contribution is 0.0938. The maximum Gasteiger partial charge on any atom is 0.291 e. The van der Waals surface area contributed by atoms with Gasteiger partial charge in [-0.1, -0.05) is 30.3 Å². The molecule has 154 valence electrons. The highest BCUT2D eigenvalue weighted by molar-refractivity contribution is 7.92. The van der Waals surface area contributed by atoms with Gasteiger partial charge in [0.15, 0.2) is 0 Å². The van der Waals surface area contributed by atoms with E-state index >= 15 is 0 Å². The normalized spacial score (nSPS) is 18.9. The first-order valence-corrected chi connectivity index (χ1v) is 11.2. The van der Waals surface area contributed by atoms with Crippen molar-refractivity contribution in [2.75, 3.05) is 29.3 Å². The second-order valence-electron chi connectivity index (χ2n) is 7.39. The van der Waals surface area contributed by atoms with Crippen molar-refractivity contribution in [2.45, 2.75) is 11.3 Å². The molecule has 30 heavy (non-hydrogen) atoms. The Bertz CT molecular complexity index is 1210. The number of nitrogens with one attached hydrogen (secondary N) is 2. The van der Waals surface area contributed by atoms with E-state index < -0.39 is 15.9 Å². The van der Waals surface area contributed by atoms with E-state index in [1.54, 1.807) is 18.2 Å². The number of carbonyl (C=O) groups excluding carboxylic acids is 1. The van der Waals surface area contributed by atoms with Crippen molar-refractivity contribution in [1.29, 1.82) is 0 Å². The molecule has 2 aliphatic heterocycles. The summed E-state index contributed by atoms with van der Waals surface area (Å²) in [4.78, 5) is 19.1. The Morgan fingerprint density at radius 1 is 1.13 bits per heavy atom. The summed E-state index contributed by atoms with van der Waals surface area (Å²) in [7, 11) is -3.74. The zero-order valence-electron chi connectivity index (χ0n) is 16.0. The van der Waals surface area contributed by atoms with Crippen LogP contribution in [0.1, 0.15) is 17.0 Å². The Balaban J connectivity index is 1.27. The van der Waals surface area contributed by atoms with E-state index in [1.807, 2.05) is 18.2 Å². The first-order valence-electron chi connectivity index (χ1n) is 9.69. The third-order valence-corrected chi connectivity index (χ3v) is 6.75. The summed E-state index contributed by atoms with van der Waals surface area (Å²) < 4.78 is 28.4. The van der Waals surface area contributed by atoms with E-state index in [0.29, 0.717) is 18.2 Å². The molecule has 3 heterocycles. The van der Waals surface area contributed by atoms with Gasteiger partial charge < -0.3 is 10.2 Å². The minimum atomic E-state index is -3.74. The molecule has 1 atom stereocenters. The van der Waals surface area contributed by atoms with Gasteiger partial charge in [0.1, 0.15) is 4.90 Å². The smallest absolute Gasteiger partial charge is 0.291 e. The van der Waals surface area contributed by atoms with Crippen molar-refractivity contribution in [2.24, 2.45) is 5.92 Å². The lowest BCUT2D eigenvalue weighted by Crippen LogP contribution is -2.31. The molecule has 0 bridgehead atoms. The van der Waals surface area contributed by atoms with Gasteiger partial charge in [0, 0.05) is 25.3 Å². The first kappa shape index (κ1) is 18.6. The predicted octanol–water partition coefficient (Wildman–Crippen LogP) is 1.64. The van der Waals surface area contributed by atoms with Crippen LogP contribution in [0.2, 0.25) is 0 Å². The number of fused-ring (bicyclic) bond motifs is 3. The van der Waals surface area contributed by atoms with Crippen molar-refractivity contribution in [1.82, 2.24) is 20.1 Å². The molecular weight excluding hydrogens is 404 g/mol. The van der Waals surface area contributed by atoms with Gasteiger partial charge in [0.05, 0.1) is 5.69 Å². The highest BCUT2D eigenvalue weighted by Crippen LogP contribution is 2.29. The van der Waals surface area contributed by atoms with E-state index in [9.17, 15) is 13.2 Å². The van der Waals surface area contributed by atoms with Crippen LogP contribution in [-0.2, 0) is 10.0 Å². The minimum Gasteiger partial charge on any atom is -0.371 e. The lowest BCUT2D eigenvalue weighted by atomic mass is 10.1. The zero-order valence-corrected chi connectivity index (χ0v) is 16.8. The summed E-state index contributed by atoms with van der Waals surface area (Å²) in [6, 6.07) is 16.7. The molecule has 1 fully saturated rings. The van der Waals surface area contributed by atoms with Crippen LogP contribution < -0.4 is 14.9 Å². The topological polar surface area (TPSA) is 109 Å². The summed E-state index contributed by atoms with van der Waals surface area (Å²) in [6.07, 6.45) is 0.982. The average Bonchev–Trinajstić information content (AvgIpc) is 3.40. The van der Waals surface area contributed by atoms with Crippen LogP contribution in [0.15, 0.2) is 59.5 Å². The maximum atomic E-state index is 12.6. The van der Waals surface area contributed by atoms with E-state index in [0.717, 1.165) is 19.5 Å². The molecular formula is C20H20N6O3S. The van der Waals surface area contributed by atoms with Crippen molar-refractivity contribution < 1.29 is 13.2 Å². The summed E-state index contributed by atoms with van der Waals surface area (Å²) in [5.74, 6) is -0.158. The number of sulfonamides is 1. The van der Waals surface area contributed by atoms with Crippen molar-refractivity contribution in [3.63, 3.8) is 0 Å². The summed E-state index contributed by atoms with van der Waals surface area (Å²) in [5, 5.41) is 7.11. The minimum absolute atomic E-state index is 0.00923. The Morgan fingerprint density at radius 2 is 1.90 bits per heavy atom. The van der Waals surface area contributed by atoms with Crippen LogP contribution in [0, 0.1) is 5.92 Å². The second kappa shape index (κ2) is 7.13. The quantitative estimate of drug-likeness (QED) is 0.659. The van der Waals surface area contributed by atoms with Gasteiger partial charge in [-0.25, -0.2) is 13.1 Å². The molecule has 2 N–H and O–H groups in total. The average molecular weight is 424 g/mol. The molecule has 10 heteroatoms. The first-order chi connectivity index (χ1) is 14.5. The molecule has 1 unspecified atom stereocenters. The van der Waals surface area contributed by atoms with E-state index in [2.05, 4.69) is 37.2 Å². The molecule has 0 radical (unpaired) electrons. The van der Waals surface area contributed by atoms with Gasteiger partial charge in [0.2, 0.25) is 11.8 Å². The van der Waals surface area contributed by atoms with E-state index in [1.165, 1.54) is 16.4 Å². The zero-order chi connectivity index (χ0) is 20.7. The number of amides is 1. The monoisotopic (exact) mass is 424 g/mol. The summed E-state index contributed by atoms with van der Waals surface area (Å²) in [5.41, 5.74) is 1.55. The Labute approximate surface area is 173 Å². The van der Waals surface area contributed by atoms with Crippen molar-refractivity contribution in [3.8, 4) is 5.69 Å². The van der Waals surface area contributed by atoms with Crippen LogP contribution in [0.25, 0.3) is 5.69 Å². The molecule has 9 nitrogen and oxygen atoms in total. The number of rotatable bonds is 4. The van der Waals surface area contributed by atoms with Gasteiger partial charge >= 0.3 is 0 Å². The number of anilines is 2. The van der Waals surface area contributed by atoms with Gasteiger partial charge in [-0.3, -0.25) is 4.79 Å². The third kappa shape index (κ3) is 3.28. The standard InChI is InChI=1S/C20H20N6O3S/c27-19(21-12-14-10-11-25(13-14)15-6-2-1-3-7-15)18-22-20-24-30(28,29)17-9-5-4-8-16(17)26(20)23-18/h1-9,14H,10-13H2,(H,21,27)(H,22,23,24). The fourth-order valence-electron chi connectivity index (χ4n) is 3.87. The fourth-order valence-corrected chi connectivity index (χ4v) is 5.04. The molecule has 1 aromatic heterocycles. The van der Waals surface area contributed by atoms with Crippen LogP contribution >= 0.6 is 0 Å². The summed E-state index contributed by atoms with van der Waals surface area (Å²) >= 11 is 0. The number of carbonyl (C=O) groups is 1. The fraction of sp³-hybridized carbons (Fsp3) is 0.250. The number of hydrogen-bond acceptors (Lipinski definition) is 6. The van der Waals surface area contributed by atoms with Crippen molar-refractivity contribution >= 4 is 27.6 Å². The van der Waals surface area contributed by atoms with Gasteiger partial charge in [-0.15, -0.1) is 5.10 Å². The highest BCUT2D eigenvalue weighted by atomic mass is 32.2. The predicted molar refractivity (Wildman–Crippen MR) is 111 cm³/mol. The molecule has 5 rings (SSSR count). The van der Waals surface area contributed by atoms with Gasteiger partial charge in [0.25, 0.3) is 15.9 Å². The third-order valence-electron chi connectivity index (χ3n) is 5.38. The lowest BCUT2D eigenvalue weighted by Gasteiger charge is -2.18. The van der Waals surface area contributed by atoms with Crippen LogP contribution in [-0.4, -0.2) is 48.7 Å². The van der Waals surface area contributed by atoms with Gasteiger partial charge in [-0.2, -0.15) is 9.67 Å². The molecule has 1 saturated heterocycles. The Kier molecular flexibility index (Phi) is 4.43. The van der Waals surface area contributed by atoms with Crippen molar-refractivity contribution in [3.05, 3.63) is 60.4 Å². The highest BCUT2D eigenvalue weighted by Gasteiger charge is 2.31. The number of nitrogens with zero attached hydrogens (tertiary/aromatic N) is 4. The van der Waals surface area contributed by atoms with Crippen LogP contribution in [0.5, 0.6) is 0 Å². The number of hydrogen-bond donors (Lipinski definition) is 2. The largest absolute Gasteiger partial charge is 0.371 e. The van der Waals surface area contributed by atoms with E-state index in [4.69, 9.17) is 0 Å². The number of aromatic nitrogens is 3.